The SMILES string of the molecule is CN(C)c1cccc(CNC(=O)CO)c1. The minimum absolute atomic E-state index is 0.356. The summed E-state index contributed by atoms with van der Waals surface area (Å²) in [6.45, 7) is -0.0194. The van der Waals surface area contributed by atoms with Gasteiger partial charge in [-0.1, -0.05) is 12.1 Å². The molecule has 0 bridgehead atoms. The van der Waals surface area contributed by atoms with Crippen LogP contribution in [0.2, 0.25) is 0 Å². The Morgan fingerprint density at radius 2 is 2.20 bits per heavy atom. The fraction of sp³-hybridized carbons (Fsp3) is 0.364. The third kappa shape index (κ3) is 3.59. The molecule has 0 radical (unpaired) electrons. The summed E-state index contributed by atoms with van der Waals surface area (Å²) in [6.07, 6.45) is 0. The molecule has 0 unspecified atom stereocenters. The van der Waals surface area contributed by atoms with Crippen LogP contribution in [-0.2, 0) is 11.3 Å². The number of amides is 1. The summed E-state index contributed by atoms with van der Waals surface area (Å²) in [6, 6.07) is 7.87. The molecule has 15 heavy (non-hydrogen) atoms. The summed E-state index contributed by atoms with van der Waals surface area (Å²) in [5.74, 6) is -0.356. The number of hydrogen-bond acceptors (Lipinski definition) is 3. The number of benzene rings is 1. The van der Waals surface area contributed by atoms with Crippen LogP contribution in [0.4, 0.5) is 5.69 Å². The van der Waals surface area contributed by atoms with E-state index in [-0.39, 0.29) is 5.91 Å². The molecule has 1 aromatic carbocycles. The molecule has 4 heteroatoms. The van der Waals surface area contributed by atoms with Gasteiger partial charge >= 0.3 is 0 Å². The number of carbonyl (C=O) groups is 1. The summed E-state index contributed by atoms with van der Waals surface area (Å²) in [7, 11) is 3.93. The number of nitrogens with one attached hydrogen (secondary N) is 1. The summed E-state index contributed by atoms with van der Waals surface area (Å²) in [5, 5.41) is 11.1. The molecule has 0 fully saturated rings. The van der Waals surface area contributed by atoms with Crippen molar-refractivity contribution in [2.75, 3.05) is 25.6 Å². The summed E-state index contributed by atoms with van der Waals surface area (Å²) < 4.78 is 0. The Kier molecular flexibility index (Phi) is 4.12. The Labute approximate surface area is 89.5 Å². The highest BCUT2D eigenvalue weighted by Gasteiger charge is 2.00. The van der Waals surface area contributed by atoms with Crippen molar-refractivity contribution >= 4 is 11.6 Å². The van der Waals surface area contributed by atoms with E-state index < -0.39 is 6.61 Å². The van der Waals surface area contributed by atoms with Crippen LogP contribution in [0.15, 0.2) is 24.3 Å². The number of hydrogen-bond donors (Lipinski definition) is 2. The molecule has 0 heterocycles. The molecule has 82 valence electrons. The van der Waals surface area contributed by atoms with Gasteiger partial charge in [-0.3, -0.25) is 4.79 Å². The smallest absolute Gasteiger partial charge is 0.245 e. The van der Waals surface area contributed by atoms with Crippen molar-refractivity contribution in [2.24, 2.45) is 0 Å². The van der Waals surface area contributed by atoms with Crippen LogP contribution in [0.5, 0.6) is 0 Å². The second-order valence-corrected chi connectivity index (χ2v) is 3.50. The molecule has 0 spiro atoms. The summed E-state index contributed by atoms with van der Waals surface area (Å²) >= 11 is 0. The van der Waals surface area contributed by atoms with Crippen LogP contribution in [0.25, 0.3) is 0 Å². The van der Waals surface area contributed by atoms with Crippen molar-refractivity contribution in [1.82, 2.24) is 5.32 Å². The number of rotatable bonds is 4. The van der Waals surface area contributed by atoms with E-state index in [0.29, 0.717) is 6.54 Å². The molecular formula is C11H16N2O2. The molecule has 0 saturated carbocycles. The van der Waals surface area contributed by atoms with Gasteiger partial charge in [0.2, 0.25) is 5.91 Å². The van der Waals surface area contributed by atoms with Crippen molar-refractivity contribution in [3.63, 3.8) is 0 Å². The van der Waals surface area contributed by atoms with E-state index in [2.05, 4.69) is 5.32 Å². The molecule has 0 aromatic heterocycles. The molecule has 1 rings (SSSR count). The van der Waals surface area contributed by atoms with E-state index in [1.165, 1.54) is 0 Å². The predicted molar refractivity (Wildman–Crippen MR) is 59.7 cm³/mol. The first-order chi connectivity index (χ1) is 7.13. The number of aliphatic hydroxyl groups excluding tert-OH is 1. The van der Waals surface area contributed by atoms with Gasteiger partial charge in [0, 0.05) is 26.3 Å². The Morgan fingerprint density at radius 1 is 1.47 bits per heavy atom. The van der Waals surface area contributed by atoms with Crippen LogP contribution in [0.3, 0.4) is 0 Å². The van der Waals surface area contributed by atoms with E-state index in [4.69, 9.17) is 5.11 Å². The van der Waals surface area contributed by atoms with Crippen LogP contribution >= 0.6 is 0 Å². The second kappa shape index (κ2) is 5.36. The lowest BCUT2D eigenvalue weighted by molar-refractivity contribution is -0.123. The van der Waals surface area contributed by atoms with Crippen molar-refractivity contribution < 1.29 is 9.90 Å². The molecule has 1 amide bonds. The molecular weight excluding hydrogens is 192 g/mol. The third-order valence-corrected chi connectivity index (χ3v) is 2.06. The first-order valence-corrected chi connectivity index (χ1v) is 4.77. The highest BCUT2D eigenvalue weighted by Crippen LogP contribution is 2.12. The molecule has 0 aliphatic rings. The monoisotopic (exact) mass is 208 g/mol. The lowest BCUT2D eigenvalue weighted by Crippen LogP contribution is -2.25. The van der Waals surface area contributed by atoms with Gasteiger partial charge in [-0.25, -0.2) is 0 Å². The number of aliphatic hydroxyl groups is 1. The van der Waals surface area contributed by atoms with E-state index in [0.717, 1.165) is 11.3 Å². The zero-order chi connectivity index (χ0) is 11.3. The van der Waals surface area contributed by atoms with Gasteiger partial charge in [0.15, 0.2) is 0 Å². The highest BCUT2D eigenvalue weighted by molar-refractivity contribution is 5.76. The zero-order valence-electron chi connectivity index (χ0n) is 9.03. The minimum atomic E-state index is -0.465. The topological polar surface area (TPSA) is 52.6 Å². The summed E-state index contributed by atoms with van der Waals surface area (Å²) in [5.41, 5.74) is 2.11. The quantitative estimate of drug-likeness (QED) is 0.751. The van der Waals surface area contributed by atoms with Gasteiger partial charge in [-0.2, -0.15) is 0 Å². The van der Waals surface area contributed by atoms with Crippen LogP contribution in [-0.4, -0.2) is 31.7 Å². The fourth-order valence-corrected chi connectivity index (χ4v) is 1.20. The molecule has 4 nitrogen and oxygen atoms in total. The number of carbonyl (C=O) groups excluding carboxylic acids is 1. The van der Waals surface area contributed by atoms with Crippen molar-refractivity contribution in [1.29, 1.82) is 0 Å². The largest absolute Gasteiger partial charge is 0.387 e. The first-order valence-electron chi connectivity index (χ1n) is 4.77. The fourth-order valence-electron chi connectivity index (χ4n) is 1.20. The van der Waals surface area contributed by atoms with Crippen molar-refractivity contribution in [2.45, 2.75) is 6.54 Å². The van der Waals surface area contributed by atoms with E-state index in [1.807, 2.05) is 43.3 Å². The minimum Gasteiger partial charge on any atom is -0.387 e. The standard InChI is InChI=1S/C11H16N2O2/c1-13(2)10-5-3-4-9(6-10)7-12-11(15)8-14/h3-6,14H,7-8H2,1-2H3,(H,12,15). The van der Waals surface area contributed by atoms with Crippen LogP contribution in [0, 0.1) is 0 Å². The first kappa shape index (κ1) is 11.5. The maximum Gasteiger partial charge on any atom is 0.245 e. The van der Waals surface area contributed by atoms with E-state index in [1.54, 1.807) is 0 Å². The Balaban J connectivity index is 2.61. The van der Waals surface area contributed by atoms with E-state index >= 15 is 0 Å². The number of anilines is 1. The average molecular weight is 208 g/mol. The lowest BCUT2D eigenvalue weighted by Gasteiger charge is -2.13. The second-order valence-electron chi connectivity index (χ2n) is 3.50. The maximum atomic E-state index is 10.8. The van der Waals surface area contributed by atoms with Gasteiger partial charge in [0.25, 0.3) is 0 Å². The Bertz CT molecular complexity index is 337. The number of nitrogens with zero attached hydrogens (tertiary/aromatic N) is 1. The Hall–Kier alpha value is -1.55. The molecule has 0 aliphatic heterocycles. The molecule has 0 atom stereocenters. The molecule has 2 N–H and O–H groups in total. The Morgan fingerprint density at radius 3 is 2.80 bits per heavy atom. The van der Waals surface area contributed by atoms with Crippen LogP contribution < -0.4 is 10.2 Å². The van der Waals surface area contributed by atoms with Gasteiger partial charge in [0.05, 0.1) is 0 Å². The molecule has 1 aromatic rings. The van der Waals surface area contributed by atoms with Crippen molar-refractivity contribution in [3.8, 4) is 0 Å². The van der Waals surface area contributed by atoms with E-state index in [9.17, 15) is 4.79 Å². The van der Waals surface area contributed by atoms with Gasteiger partial charge in [-0.05, 0) is 17.7 Å². The van der Waals surface area contributed by atoms with Gasteiger partial charge in [-0.15, -0.1) is 0 Å². The highest BCUT2D eigenvalue weighted by atomic mass is 16.3. The molecule has 0 saturated heterocycles. The van der Waals surface area contributed by atoms with Gasteiger partial charge in [0.1, 0.15) is 6.61 Å². The average Bonchev–Trinajstić information content (AvgIpc) is 2.26. The predicted octanol–water partition coefficient (Wildman–Crippen LogP) is 0.361. The molecule has 0 aliphatic carbocycles. The maximum absolute atomic E-state index is 10.8. The van der Waals surface area contributed by atoms with Crippen molar-refractivity contribution in [3.05, 3.63) is 29.8 Å². The third-order valence-electron chi connectivity index (χ3n) is 2.06. The normalized spacial score (nSPS) is 9.80. The lowest BCUT2D eigenvalue weighted by atomic mass is 10.2. The van der Waals surface area contributed by atoms with Crippen LogP contribution in [0.1, 0.15) is 5.56 Å². The van der Waals surface area contributed by atoms with Gasteiger partial charge < -0.3 is 15.3 Å². The summed E-state index contributed by atoms with van der Waals surface area (Å²) in [4.78, 5) is 12.8. The zero-order valence-corrected chi connectivity index (χ0v) is 9.03.